The van der Waals surface area contributed by atoms with Gasteiger partial charge in [-0.15, -0.1) is 24.0 Å². The third kappa shape index (κ3) is 7.38. The van der Waals surface area contributed by atoms with Gasteiger partial charge in [-0.25, -0.2) is 0 Å². The summed E-state index contributed by atoms with van der Waals surface area (Å²) in [4.78, 5) is 6.78. The van der Waals surface area contributed by atoms with Crippen molar-refractivity contribution in [2.45, 2.75) is 39.7 Å². The molecule has 1 saturated heterocycles. The topological polar surface area (TPSA) is 36.9 Å². The largest absolute Gasteiger partial charge is 0.377 e. The summed E-state index contributed by atoms with van der Waals surface area (Å²) >= 11 is 0. The van der Waals surface area contributed by atoms with Crippen LogP contribution < -0.4 is 5.32 Å². The summed E-state index contributed by atoms with van der Waals surface area (Å²) in [5.74, 6) is 1.04. The van der Waals surface area contributed by atoms with E-state index < -0.39 is 0 Å². The average Bonchev–Trinajstić information content (AvgIpc) is 2.91. The lowest BCUT2D eigenvalue weighted by Gasteiger charge is -2.23. The molecular weight excluding hydrogens is 413 g/mol. The van der Waals surface area contributed by atoms with Gasteiger partial charge >= 0.3 is 0 Å². The highest BCUT2D eigenvalue weighted by atomic mass is 127. The standard InChI is InChI=1S/C19H31N3O.HI/c1-19(2)11-13-22(16-19)18(20-3)21-12-7-8-14-23-15-17-9-5-4-6-10-17;/h4-6,9-10H,7-8,11-16H2,1-3H3,(H,20,21);1H. The Labute approximate surface area is 164 Å². The fourth-order valence-corrected chi connectivity index (χ4v) is 2.92. The van der Waals surface area contributed by atoms with E-state index in [0.29, 0.717) is 12.0 Å². The Morgan fingerprint density at radius 2 is 2.00 bits per heavy atom. The zero-order valence-corrected chi connectivity index (χ0v) is 17.6. The van der Waals surface area contributed by atoms with Gasteiger partial charge < -0.3 is 15.0 Å². The van der Waals surface area contributed by atoms with Crippen molar-refractivity contribution in [3.05, 3.63) is 35.9 Å². The van der Waals surface area contributed by atoms with Gasteiger partial charge in [-0.3, -0.25) is 4.99 Å². The molecular formula is C19H32IN3O. The molecule has 1 aromatic carbocycles. The highest BCUT2D eigenvalue weighted by molar-refractivity contribution is 14.0. The van der Waals surface area contributed by atoms with Gasteiger partial charge in [0.25, 0.3) is 0 Å². The number of ether oxygens (including phenoxy) is 1. The lowest BCUT2D eigenvalue weighted by atomic mass is 9.93. The zero-order chi connectivity index (χ0) is 16.5. The van der Waals surface area contributed by atoms with E-state index in [2.05, 4.69) is 41.2 Å². The summed E-state index contributed by atoms with van der Waals surface area (Å²) in [6, 6.07) is 10.3. The molecule has 0 bridgehead atoms. The van der Waals surface area contributed by atoms with Crippen LogP contribution in [0.15, 0.2) is 35.3 Å². The molecule has 1 aliphatic heterocycles. The smallest absolute Gasteiger partial charge is 0.193 e. The number of hydrogen-bond donors (Lipinski definition) is 1. The first-order valence-electron chi connectivity index (χ1n) is 8.68. The number of benzene rings is 1. The van der Waals surface area contributed by atoms with Crippen LogP contribution in [0.5, 0.6) is 0 Å². The fourth-order valence-electron chi connectivity index (χ4n) is 2.92. The number of guanidine groups is 1. The van der Waals surface area contributed by atoms with E-state index >= 15 is 0 Å². The van der Waals surface area contributed by atoms with Gasteiger partial charge in [0, 0.05) is 33.3 Å². The number of unbranched alkanes of at least 4 members (excludes halogenated alkanes) is 1. The molecule has 1 fully saturated rings. The van der Waals surface area contributed by atoms with E-state index in [-0.39, 0.29) is 24.0 Å². The number of aliphatic imine (C=N–C) groups is 1. The summed E-state index contributed by atoms with van der Waals surface area (Å²) in [5, 5.41) is 3.48. The highest BCUT2D eigenvalue weighted by Gasteiger charge is 2.30. The average molecular weight is 445 g/mol. The molecule has 0 radical (unpaired) electrons. The van der Waals surface area contributed by atoms with Crippen molar-refractivity contribution in [2.75, 3.05) is 33.3 Å². The van der Waals surface area contributed by atoms with Crippen molar-refractivity contribution < 1.29 is 4.74 Å². The molecule has 24 heavy (non-hydrogen) atoms. The van der Waals surface area contributed by atoms with Crippen LogP contribution in [0.1, 0.15) is 38.7 Å². The second kappa shape index (κ2) is 10.9. The fraction of sp³-hybridized carbons (Fsp3) is 0.632. The first-order valence-corrected chi connectivity index (χ1v) is 8.68. The van der Waals surface area contributed by atoms with Crippen molar-refractivity contribution in [3.63, 3.8) is 0 Å². The van der Waals surface area contributed by atoms with Crippen LogP contribution >= 0.6 is 24.0 Å². The van der Waals surface area contributed by atoms with Gasteiger partial charge in [-0.2, -0.15) is 0 Å². The molecule has 1 N–H and O–H groups in total. The summed E-state index contributed by atoms with van der Waals surface area (Å²) in [5.41, 5.74) is 1.64. The van der Waals surface area contributed by atoms with Gasteiger partial charge in [0.05, 0.1) is 6.61 Å². The summed E-state index contributed by atoms with van der Waals surface area (Å²) in [6.45, 7) is 9.32. The van der Waals surface area contributed by atoms with E-state index in [9.17, 15) is 0 Å². The van der Waals surface area contributed by atoms with Crippen molar-refractivity contribution in [3.8, 4) is 0 Å². The predicted molar refractivity (Wildman–Crippen MR) is 112 cm³/mol. The van der Waals surface area contributed by atoms with Crippen LogP contribution in [0.25, 0.3) is 0 Å². The Kier molecular flexibility index (Phi) is 9.66. The van der Waals surface area contributed by atoms with Gasteiger partial charge in [0.15, 0.2) is 5.96 Å². The Hall–Kier alpha value is -0.820. The van der Waals surface area contributed by atoms with Gasteiger partial charge in [0.1, 0.15) is 0 Å². The lowest BCUT2D eigenvalue weighted by Crippen LogP contribution is -2.41. The second-order valence-corrected chi connectivity index (χ2v) is 7.06. The highest BCUT2D eigenvalue weighted by Crippen LogP contribution is 2.28. The first-order chi connectivity index (χ1) is 11.1. The summed E-state index contributed by atoms with van der Waals surface area (Å²) in [6.07, 6.45) is 3.41. The summed E-state index contributed by atoms with van der Waals surface area (Å²) in [7, 11) is 1.87. The van der Waals surface area contributed by atoms with E-state index in [1.807, 2.05) is 25.2 Å². The lowest BCUT2D eigenvalue weighted by molar-refractivity contribution is 0.117. The predicted octanol–water partition coefficient (Wildman–Crippen LogP) is 3.91. The molecule has 0 unspecified atom stereocenters. The third-order valence-corrected chi connectivity index (χ3v) is 4.30. The van der Waals surface area contributed by atoms with Crippen LogP contribution in [0.2, 0.25) is 0 Å². The molecule has 4 nitrogen and oxygen atoms in total. The van der Waals surface area contributed by atoms with Gasteiger partial charge in [-0.1, -0.05) is 44.2 Å². The minimum absolute atomic E-state index is 0. The van der Waals surface area contributed by atoms with E-state index in [1.54, 1.807) is 0 Å². The molecule has 1 aliphatic rings. The number of rotatable bonds is 7. The zero-order valence-electron chi connectivity index (χ0n) is 15.3. The molecule has 1 aromatic rings. The second-order valence-electron chi connectivity index (χ2n) is 7.06. The van der Waals surface area contributed by atoms with Gasteiger partial charge in [0.2, 0.25) is 0 Å². The minimum atomic E-state index is 0. The molecule has 136 valence electrons. The quantitative estimate of drug-likeness (QED) is 0.299. The Bertz CT molecular complexity index is 491. The number of hydrogen-bond acceptors (Lipinski definition) is 2. The minimum Gasteiger partial charge on any atom is -0.377 e. The van der Waals surface area contributed by atoms with E-state index in [0.717, 1.165) is 45.0 Å². The Morgan fingerprint density at radius 3 is 2.62 bits per heavy atom. The number of nitrogens with one attached hydrogen (secondary N) is 1. The van der Waals surface area contributed by atoms with E-state index in [4.69, 9.17) is 4.74 Å². The SMILES string of the molecule is CN=C(NCCCCOCc1ccccc1)N1CCC(C)(C)C1.I. The van der Waals surface area contributed by atoms with Crippen LogP contribution in [-0.4, -0.2) is 44.1 Å². The maximum atomic E-state index is 5.71. The maximum Gasteiger partial charge on any atom is 0.193 e. The number of likely N-dealkylation sites (tertiary alicyclic amines) is 1. The monoisotopic (exact) mass is 445 g/mol. The van der Waals surface area contributed by atoms with Crippen LogP contribution in [0.3, 0.4) is 0 Å². The molecule has 0 aromatic heterocycles. The van der Waals surface area contributed by atoms with Crippen LogP contribution in [0, 0.1) is 5.41 Å². The van der Waals surface area contributed by atoms with Gasteiger partial charge in [-0.05, 0) is 30.2 Å². The van der Waals surface area contributed by atoms with E-state index in [1.165, 1.54) is 12.0 Å². The number of halogens is 1. The molecule has 5 heteroatoms. The third-order valence-electron chi connectivity index (χ3n) is 4.30. The van der Waals surface area contributed by atoms with Crippen molar-refractivity contribution in [1.29, 1.82) is 0 Å². The Balaban J connectivity index is 0.00000288. The first kappa shape index (κ1) is 21.2. The van der Waals surface area contributed by atoms with Crippen LogP contribution in [0.4, 0.5) is 0 Å². The normalized spacial score (nSPS) is 16.8. The molecule has 1 heterocycles. The molecule has 0 saturated carbocycles. The van der Waals surface area contributed by atoms with Crippen molar-refractivity contribution in [2.24, 2.45) is 10.4 Å². The van der Waals surface area contributed by atoms with Crippen molar-refractivity contribution in [1.82, 2.24) is 10.2 Å². The molecule has 0 spiro atoms. The van der Waals surface area contributed by atoms with Crippen molar-refractivity contribution >= 4 is 29.9 Å². The molecule has 2 rings (SSSR count). The summed E-state index contributed by atoms with van der Waals surface area (Å²) < 4.78 is 5.71. The Morgan fingerprint density at radius 1 is 1.25 bits per heavy atom. The molecule has 0 atom stereocenters. The maximum absolute atomic E-state index is 5.71. The number of nitrogens with zero attached hydrogens (tertiary/aromatic N) is 2. The molecule has 0 amide bonds. The van der Waals surface area contributed by atoms with Crippen LogP contribution in [-0.2, 0) is 11.3 Å². The molecule has 0 aliphatic carbocycles.